The van der Waals surface area contributed by atoms with Gasteiger partial charge in [-0.3, -0.25) is 0 Å². The molecule has 3 aromatic rings. The van der Waals surface area contributed by atoms with Crippen molar-refractivity contribution in [3.63, 3.8) is 0 Å². The van der Waals surface area contributed by atoms with E-state index in [0.29, 0.717) is 17.4 Å². The Hall–Kier alpha value is -2.32. The van der Waals surface area contributed by atoms with Crippen LogP contribution in [-0.4, -0.2) is 32.3 Å². The summed E-state index contributed by atoms with van der Waals surface area (Å²) >= 11 is 1.41. The van der Waals surface area contributed by atoms with E-state index >= 15 is 0 Å². The molecular weight excluding hydrogens is 276 g/mol. The minimum Gasteiger partial charge on any atom is -0.399 e. The Bertz CT molecular complexity index is 722. The number of anilines is 1. The molecular formula is C12H12N6OS. The molecule has 2 N–H and O–H groups in total. The SMILES string of the molecule is COCc1nnc(-n2nncc2-c2cccc(N)c2)s1. The molecule has 0 bridgehead atoms. The molecule has 1 aromatic carbocycles. The molecule has 0 radical (unpaired) electrons. The summed E-state index contributed by atoms with van der Waals surface area (Å²) in [6.45, 7) is 0.431. The van der Waals surface area contributed by atoms with E-state index < -0.39 is 0 Å². The second-order valence-electron chi connectivity index (χ2n) is 4.07. The van der Waals surface area contributed by atoms with Crippen LogP contribution in [0.4, 0.5) is 5.69 Å². The van der Waals surface area contributed by atoms with E-state index in [2.05, 4.69) is 20.5 Å². The van der Waals surface area contributed by atoms with Crippen LogP contribution in [0.5, 0.6) is 0 Å². The normalized spacial score (nSPS) is 10.8. The van der Waals surface area contributed by atoms with Crippen molar-refractivity contribution in [3.05, 3.63) is 35.5 Å². The van der Waals surface area contributed by atoms with Gasteiger partial charge >= 0.3 is 0 Å². The van der Waals surface area contributed by atoms with Crippen LogP contribution in [0.25, 0.3) is 16.4 Å². The molecule has 2 aromatic heterocycles. The molecule has 20 heavy (non-hydrogen) atoms. The van der Waals surface area contributed by atoms with Gasteiger partial charge in [-0.25, -0.2) is 0 Å². The monoisotopic (exact) mass is 288 g/mol. The fourth-order valence-corrected chi connectivity index (χ4v) is 2.56. The Morgan fingerprint density at radius 1 is 1.35 bits per heavy atom. The summed E-state index contributed by atoms with van der Waals surface area (Å²) in [5.74, 6) is 0. The Labute approximate surface area is 119 Å². The van der Waals surface area contributed by atoms with E-state index in [0.717, 1.165) is 16.3 Å². The minimum absolute atomic E-state index is 0.431. The van der Waals surface area contributed by atoms with Crippen LogP contribution in [0.1, 0.15) is 5.01 Å². The van der Waals surface area contributed by atoms with Crippen LogP contribution in [0, 0.1) is 0 Å². The smallest absolute Gasteiger partial charge is 0.234 e. The lowest BCUT2D eigenvalue weighted by Crippen LogP contribution is -1.99. The maximum atomic E-state index is 5.81. The van der Waals surface area contributed by atoms with Gasteiger partial charge in [0, 0.05) is 18.4 Å². The van der Waals surface area contributed by atoms with Crippen molar-refractivity contribution in [2.24, 2.45) is 0 Å². The number of nitrogen functional groups attached to an aromatic ring is 1. The van der Waals surface area contributed by atoms with Gasteiger partial charge in [0.15, 0.2) is 0 Å². The van der Waals surface area contributed by atoms with Crippen LogP contribution in [0.2, 0.25) is 0 Å². The first-order valence-corrected chi connectivity index (χ1v) is 6.68. The third-order valence-electron chi connectivity index (χ3n) is 2.64. The molecule has 3 rings (SSSR count). The molecule has 2 heterocycles. The molecule has 0 fully saturated rings. The predicted octanol–water partition coefficient (Wildman–Crippen LogP) is 1.51. The Kier molecular flexibility index (Phi) is 3.40. The van der Waals surface area contributed by atoms with Crippen LogP contribution in [0.15, 0.2) is 30.5 Å². The van der Waals surface area contributed by atoms with Crippen molar-refractivity contribution >= 4 is 17.0 Å². The van der Waals surface area contributed by atoms with E-state index in [1.54, 1.807) is 18.0 Å². The quantitative estimate of drug-likeness (QED) is 0.732. The second kappa shape index (κ2) is 5.35. The van der Waals surface area contributed by atoms with Gasteiger partial charge in [-0.05, 0) is 12.1 Å². The predicted molar refractivity (Wildman–Crippen MR) is 75.4 cm³/mol. The second-order valence-corrected chi connectivity index (χ2v) is 5.11. The third kappa shape index (κ3) is 2.38. The van der Waals surface area contributed by atoms with Gasteiger partial charge in [-0.2, -0.15) is 4.68 Å². The lowest BCUT2D eigenvalue weighted by molar-refractivity contribution is 0.184. The van der Waals surface area contributed by atoms with Crippen LogP contribution < -0.4 is 5.73 Å². The van der Waals surface area contributed by atoms with Crippen LogP contribution in [-0.2, 0) is 11.3 Å². The molecule has 0 unspecified atom stereocenters. The van der Waals surface area contributed by atoms with Gasteiger partial charge in [-0.1, -0.05) is 28.7 Å². The van der Waals surface area contributed by atoms with Gasteiger partial charge in [0.1, 0.15) is 11.6 Å². The van der Waals surface area contributed by atoms with Crippen molar-refractivity contribution < 1.29 is 4.74 Å². The molecule has 0 aliphatic rings. The van der Waals surface area contributed by atoms with Gasteiger partial charge in [0.05, 0.1) is 11.9 Å². The first kappa shape index (κ1) is 12.7. The average molecular weight is 288 g/mol. The van der Waals surface area contributed by atoms with Gasteiger partial charge in [-0.15, -0.1) is 15.3 Å². The number of aromatic nitrogens is 5. The lowest BCUT2D eigenvalue weighted by Gasteiger charge is -2.03. The topological polar surface area (TPSA) is 91.7 Å². The van der Waals surface area contributed by atoms with E-state index in [-0.39, 0.29) is 0 Å². The first-order chi connectivity index (χ1) is 9.78. The summed E-state index contributed by atoms with van der Waals surface area (Å²) in [6, 6.07) is 7.53. The maximum Gasteiger partial charge on any atom is 0.234 e. The minimum atomic E-state index is 0.431. The van der Waals surface area contributed by atoms with E-state index in [1.165, 1.54) is 11.3 Å². The summed E-state index contributed by atoms with van der Waals surface area (Å²) < 4.78 is 6.68. The van der Waals surface area contributed by atoms with E-state index in [9.17, 15) is 0 Å². The van der Waals surface area contributed by atoms with Crippen LogP contribution in [0.3, 0.4) is 0 Å². The molecule has 0 amide bonds. The fraction of sp³-hybridized carbons (Fsp3) is 0.167. The van der Waals surface area contributed by atoms with E-state index in [4.69, 9.17) is 10.5 Å². The zero-order valence-corrected chi connectivity index (χ0v) is 11.5. The number of benzene rings is 1. The van der Waals surface area contributed by atoms with Crippen molar-refractivity contribution in [2.45, 2.75) is 6.61 Å². The lowest BCUT2D eigenvalue weighted by atomic mass is 10.1. The van der Waals surface area contributed by atoms with Crippen molar-refractivity contribution in [2.75, 3.05) is 12.8 Å². The highest BCUT2D eigenvalue weighted by atomic mass is 32.1. The van der Waals surface area contributed by atoms with Crippen LogP contribution >= 0.6 is 11.3 Å². The summed E-state index contributed by atoms with van der Waals surface area (Å²) in [7, 11) is 1.62. The van der Waals surface area contributed by atoms with Crippen molar-refractivity contribution in [1.29, 1.82) is 0 Å². The first-order valence-electron chi connectivity index (χ1n) is 5.86. The highest BCUT2D eigenvalue weighted by molar-refractivity contribution is 7.13. The number of nitrogens with zero attached hydrogens (tertiary/aromatic N) is 5. The summed E-state index contributed by atoms with van der Waals surface area (Å²) in [6.07, 6.45) is 1.67. The number of nitrogens with two attached hydrogens (primary N) is 1. The largest absolute Gasteiger partial charge is 0.399 e. The Morgan fingerprint density at radius 2 is 2.25 bits per heavy atom. The number of methoxy groups -OCH3 is 1. The van der Waals surface area contributed by atoms with Gasteiger partial charge < -0.3 is 10.5 Å². The zero-order chi connectivity index (χ0) is 13.9. The number of ether oxygens (including phenoxy) is 1. The molecule has 102 valence electrons. The number of rotatable bonds is 4. The molecule has 7 nitrogen and oxygen atoms in total. The summed E-state index contributed by atoms with van der Waals surface area (Å²) in [5.41, 5.74) is 8.24. The van der Waals surface area contributed by atoms with Crippen molar-refractivity contribution in [3.8, 4) is 16.4 Å². The van der Waals surface area contributed by atoms with Gasteiger partial charge in [0.2, 0.25) is 5.13 Å². The Balaban J connectivity index is 2.01. The highest BCUT2D eigenvalue weighted by Crippen LogP contribution is 2.24. The number of hydrogen-bond acceptors (Lipinski definition) is 7. The van der Waals surface area contributed by atoms with E-state index in [1.807, 2.05) is 24.3 Å². The molecule has 0 saturated carbocycles. The number of hydrogen-bond donors (Lipinski definition) is 1. The molecule has 0 saturated heterocycles. The van der Waals surface area contributed by atoms with Crippen molar-refractivity contribution in [1.82, 2.24) is 25.2 Å². The Morgan fingerprint density at radius 3 is 3.05 bits per heavy atom. The maximum absolute atomic E-state index is 5.81. The fourth-order valence-electron chi connectivity index (χ4n) is 1.78. The molecule has 0 atom stereocenters. The zero-order valence-electron chi connectivity index (χ0n) is 10.7. The molecule has 0 aliphatic carbocycles. The molecule has 0 aliphatic heterocycles. The molecule has 8 heteroatoms. The standard InChI is InChI=1S/C12H12N6OS/c1-19-7-11-15-16-12(20-11)18-10(6-14-17-18)8-3-2-4-9(13)5-8/h2-6H,7,13H2,1H3. The third-order valence-corrected chi connectivity index (χ3v) is 3.51. The molecule has 0 spiro atoms. The van der Waals surface area contributed by atoms with Gasteiger partial charge in [0.25, 0.3) is 0 Å². The summed E-state index contributed by atoms with van der Waals surface area (Å²) in [5, 5.41) is 17.6. The average Bonchev–Trinajstić information content (AvgIpc) is 3.07. The highest BCUT2D eigenvalue weighted by Gasteiger charge is 2.13. The summed E-state index contributed by atoms with van der Waals surface area (Å²) in [4.78, 5) is 0.